The Labute approximate surface area is 192 Å². The summed E-state index contributed by atoms with van der Waals surface area (Å²) in [5, 5.41) is 8.12. The average Bonchev–Trinajstić information content (AvgIpc) is 2.76. The van der Waals surface area contributed by atoms with Gasteiger partial charge in [0.25, 0.3) is 0 Å². The number of likely N-dealkylation sites (N-methyl/N-ethyl adjacent to an activating group) is 1. The third kappa shape index (κ3) is 5.99. The van der Waals surface area contributed by atoms with Gasteiger partial charge in [-0.1, -0.05) is 83.3 Å². The lowest BCUT2D eigenvalue weighted by Crippen LogP contribution is -2.38. The van der Waals surface area contributed by atoms with Crippen molar-refractivity contribution in [2.45, 2.75) is 24.9 Å². The molecule has 0 spiro atoms. The molecule has 3 rings (SSSR count). The van der Waals surface area contributed by atoms with Crippen LogP contribution in [0, 0.1) is 0 Å². The highest BCUT2D eigenvalue weighted by molar-refractivity contribution is 6.35. The first kappa shape index (κ1) is 22.6. The second-order valence-electron chi connectivity index (χ2n) is 7.01. The van der Waals surface area contributed by atoms with Crippen molar-refractivity contribution in [3.8, 4) is 0 Å². The second-order valence-corrected chi connectivity index (χ2v) is 8.29. The summed E-state index contributed by atoms with van der Waals surface area (Å²) in [4.78, 5) is 12.7. The van der Waals surface area contributed by atoms with E-state index in [-0.39, 0.29) is 11.9 Å². The molecule has 0 radical (unpaired) electrons. The molecule has 2 atom stereocenters. The number of hydrogen-bond donors (Lipinski definition) is 2. The number of benzene rings is 3. The molecule has 30 heavy (non-hydrogen) atoms. The number of carbonyl (C=O) groups excluding carboxylic acids is 1. The van der Waals surface area contributed by atoms with Gasteiger partial charge in [0, 0.05) is 28.2 Å². The number of halogens is 3. The Morgan fingerprint density at radius 2 is 1.57 bits per heavy atom. The molecular weight excluding hydrogens is 439 g/mol. The Bertz CT molecular complexity index is 978. The zero-order chi connectivity index (χ0) is 21.5. The number of nitrogens with one attached hydrogen (secondary N) is 2. The van der Waals surface area contributed by atoms with E-state index >= 15 is 0 Å². The van der Waals surface area contributed by atoms with Crippen LogP contribution >= 0.6 is 34.8 Å². The Hall–Kier alpha value is -2.04. The topological polar surface area (TPSA) is 41.1 Å². The van der Waals surface area contributed by atoms with Gasteiger partial charge in [0.05, 0.1) is 0 Å². The van der Waals surface area contributed by atoms with Crippen LogP contribution < -0.4 is 10.6 Å². The molecule has 0 bridgehead atoms. The minimum atomic E-state index is -0.516. The van der Waals surface area contributed by atoms with E-state index in [2.05, 4.69) is 10.6 Å². The van der Waals surface area contributed by atoms with Crippen LogP contribution in [0.3, 0.4) is 0 Å². The van der Waals surface area contributed by atoms with Crippen molar-refractivity contribution >= 4 is 40.7 Å². The van der Waals surface area contributed by atoms with E-state index in [0.717, 1.165) is 29.5 Å². The number of rotatable bonds is 8. The lowest BCUT2D eigenvalue weighted by atomic mass is 9.96. The molecule has 0 aliphatic rings. The summed E-state index contributed by atoms with van der Waals surface area (Å²) in [7, 11) is 1.64. The maximum Gasteiger partial charge on any atom is 0.241 e. The van der Waals surface area contributed by atoms with Gasteiger partial charge in [-0.25, -0.2) is 0 Å². The van der Waals surface area contributed by atoms with Crippen LogP contribution in [0.1, 0.15) is 35.2 Å². The standard InChI is InChI=1S/C24H23Cl3N2O/c1-28-24(30)23(17-5-3-2-4-6-17)29-22(20-13-12-19(26)15-21(20)27)14-9-16-7-10-18(25)11-8-16/h2-8,10-13,15,22-23,29H,9,14H2,1H3,(H,28,30)/t22-,23?/m1/s1. The normalized spacial score (nSPS) is 12.9. The van der Waals surface area contributed by atoms with E-state index < -0.39 is 6.04 Å². The number of hydrogen-bond acceptors (Lipinski definition) is 2. The van der Waals surface area contributed by atoms with E-state index in [1.54, 1.807) is 13.1 Å². The molecule has 1 unspecified atom stereocenters. The molecular formula is C24H23Cl3N2O. The Kier molecular flexibility index (Phi) is 8.17. The molecule has 1 amide bonds. The molecule has 156 valence electrons. The predicted molar refractivity (Wildman–Crippen MR) is 125 cm³/mol. The first-order valence-corrected chi connectivity index (χ1v) is 10.8. The maximum atomic E-state index is 12.7. The van der Waals surface area contributed by atoms with E-state index in [9.17, 15) is 4.79 Å². The van der Waals surface area contributed by atoms with Gasteiger partial charge in [0.15, 0.2) is 0 Å². The van der Waals surface area contributed by atoms with Crippen molar-refractivity contribution in [2.24, 2.45) is 0 Å². The fourth-order valence-electron chi connectivity index (χ4n) is 3.39. The summed E-state index contributed by atoms with van der Waals surface area (Å²) in [6, 6.07) is 22.2. The van der Waals surface area contributed by atoms with Gasteiger partial charge in [-0.2, -0.15) is 0 Å². The van der Waals surface area contributed by atoms with E-state index in [4.69, 9.17) is 34.8 Å². The molecule has 0 saturated carbocycles. The summed E-state index contributed by atoms with van der Waals surface area (Å²) in [6.07, 6.45) is 1.53. The highest BCUT2D eigenvalue weighted by Gasteiger charge is 2.25. The van der Waals surface area contributed by atoms with Crippen LogP contribution in [0.5, 0.6) is 0 Å². The van der Waals surface area contributed by atoms with Crippen LogP contribution in [-0.2, 0) is 11.2 Å². The molecule has 3 aromatic carbocycles. The molecule has 0 saturated heterocycles. The van der Waals surface area contributed by atoms with E-state index in [0.29, 0.717) is 15.1 Å². The minimum absolute atomic E-state index is 0.109. The summed E-state index contributed by atoms with van der Waals surface area (Å²) < 4.78 is 0. The first-order valence-electron chi connectivity index (χ1n) is 9.70. The monoisotopic (exact) mass is 460 g/mol. The van der Waals surface area contributed by atoms with Crippen molar-refractivity contribution in [3.05, 3.63) is 105 Å². The highest BCUT2D eigenvalue weighted by Crippen LogP contribution is 2.31. The summed E-state index contributed by atoms with van der Waals surface area (Å²) >= 11 is 18.6. The van der Waals surface area contributed by atoms with Crippen molar-refractivity contribution in [1.82, 2.24) is 10.6 Å². The molecule has 0 aliphatic carbocycles. The van der Waals surface area contributed by atoms with Gasteiger partial charge in [-0.15, -0.1) is 0 Å². The van der Waals surface area contributed by atoms with E-state index in [1.165, 1.54) is 0 Å². The summed E-state index contributed by atoms with van der Waals surface area (Å²) in [5.41, 5.74) is 2.95. The minimum Gasteiger partial charge on any atom is -0.358 e. The first-order chi connectivity index (χ1) is 14.5. The van der Waals surface area contributed by atoms with Crippen LogP contribution in [0.2, 0.25) is 15.1 Å². The van der Waals surface area contributed by atoms with E-state index in [1.807, 2.05) is 66.7 Å². The quantitative estimate of drug-likeness (QED) is 0.407. The van der Waals surface area contributed by atoms with Gasteiger partial charge in [0.2, 0.25) is 5.91 Å². The van der Waals surface area contributed by atoms with Gasteiger partial charge >= 0.3 is 0 Å². The molecule has 3 nitrogen and oxygen atoms in total. The number of carbonyl (C=O) groups is 1. The molecule has 0 aromatic heterocycles. The van der Waals surface area contributed by atoms with Crippen molar-refractivity contribution in [3.63, 3.8) is 0 Å². The van der Waals surface area contributed by atoms with Crippen molar-refractivity contribution in [1.29, 1.82) is 0 Å². The SMILES string of the molecule is CNC(=O)C(N[C@H](CCc1ccc(Cl)cc1)c1ccc(Cl)cc1Cl)c1ccccc1. The smallest absolute Gasteiger partial charge is 0.241 e. The third-order valence-electron chi connectivity index (χ3n) is 4.98. The van der Waals surface area contributed by atoms with Gasteiger partial charge in [-0.3, -0.25) is 10.1 Å². The van der Waals surface area contributed by atoms with Gasteiger partial charge in [0.1, 0.15) is 6.04 Å². The molecule has 0 fully saturated rings. The lowest BCUT2D eigenvalue weighted by molar-refractivity contribution is -0.123. The molecule has 3 aromatic rings. The predicted octanol–water partition coefficient (Wildman–Crippen LogP) is 6.40. The molecule has 2 N–H and O–H groups in total. The fourth-order valence-corrected chi connectivity index (χ4v) is 4.06. The summed E-state index contributed by atoms with van der Waals surface area (Å²) in [6.45, 7) is 0. The summed E-state index contributed by atoms with van der Waals surface area (Å²) in [5.74, 6) is -0.109. The lowest BCUT2D eigenvalue weighted by Gasteiger charge is -2.26. The molecule has 0 heterocycles. The zero-order valence-electron chi connectivity index (χ0n) is 16.5. The number of amides is 1. The Morgan fingerprint density at radius 1 is 0.900 bits per heavy atom. The average molecular weight is 462 g/mol. The Balaban J connectivity index is 1.90. The van der Waals surface area contributed by atoms with Crippen LogP contribution in [0.25, 0.3) is 0 Å². The maximum absolute atomic E-state index is 12.7. The number of aryl methyl sites for hydroxylation is 1. The third-order valence-corrected chi connectivity index (χ3v) is 5.80. The fraction of sp³-hybridized carbons (Fsp3) is 0.208. The molecule has 0 aliphatic heterocycles. The van der Waals surface area contributed by atoms with Crippen molar-refractivity contribution < 1.29 is 4.79 Å². The van der Waals surface area contributed by atoms with Crippen LogP contribution in [0.15, 0.2) is 72.8 Å². The Morgan fingerprint density at radius 3 is 2.20 bits per heavy atom. The van der Waals surface area contributed by atoms with Crippen LogP contribution in [0.4, 0.5) is 0 Å². The molecule has 6 heteroatoms. The van der Waals surface area contributed by atoms with Crippen LogP contribution in [-0.4, -0.2) is 13.0 Å². The van der Waals surface area contributed by atoms with Gasteiger partial charge < -0.3 is 5.32 Å². The van der Waals surface area contributed by atoms with Gasteiger partial charge in [-0.05, 0) is 53.8 Å². The second kappa shape index (κ2) is 10.8. The largest absolute Gasteiger partial charge is 0.358 e. The highest BCUT2D eigenvalue weighted by atomic mass is 35.5. The zero-order valence-corrected chi connectivity index (χ0v) is 18.8. The van der Waals surface area contributed by atoms with Crippen molar-refractivity contribution in [2.75, 3.05) is 7.05 Å².